The number of hydrogen-bond donors (Lipinski definition) is 1. The van der Waals surface area contributed by atoms with E-state index in [1.165, 1.54) is 31.2 Å². The van der Waals surface area contributed by atoms with Gasteiger partial charge in [0.2, 0.25) is 0 Å². The van der Waals surface area contributed by atoms with E-state index in [0.717, 1.165) is 12.5 Å². The monoisotopic (exact) mass is 207 g/mol. The van der Waals surface area contributed by atoms with Crippen molar-refractivity contribution < 1.29 is 0 Å². The molecule has 1 saturated carbocycles. The second-order valence-corrected chi connectivity index (χ2v) is 4.77. The smallest absolute Gasteiger partial charge is 0.0534 e. The number of aromatic nitrogens is 2. The maximum atomic E-state index is 4.18. The van der Waals surface area contributed by atoms with Crippen molar-refractivity contribution in [3.63, 3.8) is 0 Å². The standard InChI is InChI=1S/C12H21N3/c1-10-5-3-4-6-12(10)13-7-11-8-14-15(2)9-11/h8-10,12-13H,3-7H2,1-2H3/t10-,12+/m1/s1. The van der Waals surface area contributed by atoms with Crippen LogP contribution in [0.1, 0.15) is 38.2 Å². The molecule has 1 heterocycles. The molecular formula is C12H21N3. The molecule has 1 fully saturated rings. The van der Waals surface area contributed by atoms with Gasteiger partial charge in [-0.25, -0.2) is 0 Å². The Balaban J connectivity index is 1.81. The molecule has 2 rings (SSSR count). The van der Waals surface area contributed by atoms with Crippen molar-refractivity contribution in [3.8, 4) is 0 Å². The minimum Gasteiger partial charge on any atom is -0.310 e. The SMILES string of the molecule is C[C@@H]1CCCC[C@@H]1NCc1cnn(C)c1. The van der Waals surface area contributed by atoms with E-state index < -0.39 is 0 Å². The van der Waals surface area contributed by atoms with Crippen LogP contribution in [0.25, 0.3) is 0 Å². The number of hydrogen-bond acceptors (Lipinski definition) is 2. The Bertz CT molecular complexity index is 306. The van der Waals surface area contributed by atoms with E-state index in [1.807, 2.05) is 17.9 Å². The summed E-state index contributed by atoms with van der Waals surface area (Å²) < 4.78 is 1.86. The number of aryl methyl sites for hydroxylation is 1. The highest BCUT2D eigenvalue weighted by molar-refractivity contribution is 5.03. The lowest BCUT2D eigenvalue weighted by atomic mass is 9.86. The first kappa shape index (κ1) is 10.7. The molecule has 84 valence electrons. The summed E-state index contributed by atoms with van der Waals surface area (Å²) in [5.41, 5.74) is 1.29. The van der Waals surface area contributed by atoms with Crippen LogP contribution >= 0.6 is 0 Å². The van der Waals surface area contributed by atoms with E-state index in [0.29, 0.717) is 6.04 Å². The van der Waals surface area contributed by atoms with Crippen molar-refractivity contribution in [2.24, 2.45) is 13.0 Å². The molecule has 15 heavy (non-hydrogen) atoms. The molecule has 0 radical (unpaired) electrons. The van der Waals surface area contributed by atoms with Crippen LogP contribution in [0.3, 0.4) is 0 Å². The summed E-state index contributed by atoms with van der Waals surface area (Å²) >= 11 is 0. The van der Waals surface area contributed by atoms with Gasteiger partial charge in [0, 0.05) is 31.4 Å². The molecule has 0 saturated heterocycles. The molecule has 0 aromatic carbocycles. The Morgan fingerprint density at radius 3 is 2.93 bits per heavy atom. The van der Waals surface area contributed by atoms with E-state index in [2.05, 4.69) is 23.5 Å². The fourth-order valence-corrected chi connectivity index (χ4v) is 2.43. The molecular weight excluding hydrogens is 186 g/mol. The molecule has 2 atom stereocenters. The topological polar surface area (TPSA) is 29.9 Å². The van der Waals surface area contributed by atoms with Crippen molar-refractivity contribution in [2.45, 2.75) is 45.2 Å². The van der Waals surface area contributed by atoms with Crippen LogP contribution < -0.4 is 5.32 Å². The fourth-order valence-electron chi connectivity index (χ4n) is 2.43. The van der Waals surface area contributed by atoms with Gasteiger partial charge in [-0.2, -0.15) is 5.10 Å². The first-order chi connectivity index (χ1) is 7.25. The molecule has 1 aromatic rings. The minimum atomic E-state index is 0.707. The Morgan fingerprint density at radius 2 is 2.27 bits per heavy atom. The van der Waals surface area contributed by atoms with Crippen molar-refractivity contribution in [1.82, 2.24) is 15.1 Å². The maximum Gasteiger partial charge on any atom is 0.0534 e. The van der Waals surface area contributed by atoms with Gasteiger partial charge in [0.05, 0.1) is 6.20 Å². The summed E-state index contributed by atoms with van der Waals surface area (Å²) in [4.78, 5) is 0. The lowest BCUT2D eigenvalue weighted by molar-refractivity contribution is 0.279. The third kappa shape index (κ3) is 2.81. The molecule has 1 aliphatic carbocycles. The Labute approximate surface area is 91.9 Å². The average molecular weight is 207 g/mol. The molecule has 3 heteroatoms. The third-order valence-corrected chi connectivity index (χ3v) is 3.44. The highest BCUT2D eigenvalue weighted by Gasteiger charge is 2.20. The molecule has 0 unspecified atom stereocenters. The Hall–Kier alpha value is -0.830. The normalized spacial score (nSPS) is 26.8. The molecule has 0 aliphatic heterocycles. The van der Waals surface area contributed by atoms with Crippen LogP contribution in [-0.2, 0) is 13.6 Å². The zero-order valence-electron chi connectivity index (χ0n) is 9.74. The number of nitrogens with one attached hydrogen (secondary N) is 1. The predicted octanol–water partition coefficient (Wildman–Crippen LogP) is 2.09. The lowest BCUT2D eigenvalue weighted by Gasteiger charge is -2.29. The Morgan fingerprint density at radius 1 is 1.47 bits per heavy atom. The van der Waals surface area contributed by atoms with Crippen LogP contribution in [-0.4, -0.2) is 15.8 Å². The first-order valence-electron chi connectivity index (χ1n) is 5.96. The average Bonchev–Trinajstić information content (AvgIpc) is 2.63. The third-order valence-electron chi connectivity index (χ3n) is 3.44. The fraction of sp³-hybridized carbons (Fsp3) is 0.750. The molecule has 3 nitrogen and oxygen atoms in total. The molecule has 0 bridgehead atoms. The number of nitrogens with zero attached hydrogens (tertiary/aromatic N) is 2. The van der Waals surface area contributed by atoms with E-state index in [1.54, 1.807) is 0 Å². The Kier molecular flexibility index (Phi) is 3.41. The second kappa shape index (κ2) is 4.79. The van der Waals surface area contributed by atoms with Gasteiger partial charge in [-0.05, 0) is 18.8 Å². The molecule has 0 amide bonds. The van der Waals surface area contributed by atoms with Gasteiger partial charge in [0.15, 0.2) is 0 Å². The van der Waals surface area contributed by atoms with Crippen molar-refractivity contribution in [2.75, 3.05) is 0 Å². The largest absolute Gasteiger partial charge is 0.310 e. The van der Waals surface area contributed by atoms with Gasteiger partial charge >= 0.3 is 0 Å². The summed E-state index contributed by atoms with van der Waals surface area (Å²) in [6.07, 6.45) is 9.54. The summed E-state index contributed by atoms with van der Waals surface area (Å²) in [5, 5.41) is 7.82. The van der Waals surface area contributed by atoms with Gasteiger partial charge in [-0.1, -0.05) is 19.8 Å². The van der Waals surface area contributed by atoms with Crippen LogP contribution in [0, 0.1) is 5.92 Å². The quantitative estimate of drug-likeness (QED) is 0.822. The number of rotatable bonds is 3. The molecule has 1 N–H and O–H groups in total. The van der Waals surface area contributed by atoms with E-state index in [9.17, 15) is 0 Å². The first-order valence-corrected chi connectivity index (χ1v) is 5.96. The van der Waals surface area contributed by atoms with E-state index in [-0.39, 0.29) is 0 Å². The summed E-state index contributed by atoms with van der Waals surface area (Å²) in [6.45, 7) is 3.32. The lowest BCUT2D eigenvalue weighted by Crippen LogP contribution is -2.36. The zero-order valence-corrected chi connectivity index (χ0v) is 9.74. The van der Waals surface area contributed by atoms with E-state index in [4.69, 9.17) is 0 Å². The zero-order chi connectivity index (χ0) is 10.7. The van der Waals surface area contributed by atoms with Gasteiger partial charge in [-0.3, -0.25) is 4.68 Å². The molecule has 1 aliphatic rings. The van der Waals surface area contributed by atoms with Crippen LogP contribution in [0.5, 0.6) is 0 Å². The maximum absolute atomic E-state index is 4.18. The summed E-state index contributed by atoms with van der Waals surface area (Å²) in [5.74, 6) is 0.829. The highest BCUT2D eigenvalue weighted by atomic mass is 15.2. The van der Waals surface area contributed by atoms with Crippen molar-refractivity contribution in [1.29, 1.82) is 0 Å². The van der Waals surface area contributed by atoms with Crippen LogP contribution in [0.2, 0.25) is 0 Å². The van der Waals surface area contributed by atoms with Crippen LogP contribution in [0.4, 0.5) is 0 Å². The van der Waals surface area contributed by atoms with Crippen molar-refractivity contribution >= 4 is 0 Å². The minimum absolute atomic E-state index is 0.707. The van der Waals surface area contributed by atoms with Crippen molar-refractivity contribution in [3.05, 3.63) is 18.0 Å². The predicted molar refractivity (Wildman–Crippen MR) is 61.5 cm³/mol. The van der Waals surface area contributed by atoms with Gasteiger partial charge in [-0.15, -0.1) is 0 Å². The summed E-state index contributed by atoms with van der Waals surface area (Å²) in [7, 11) is 1.97. The molecule has 0 spiro atoms. The highest BCUT2D eigenvalue weighted by Crippen LogP contribution is 2.23. The van der Waals surface area contributed by atoms with Crippen LogP contribution in [0.15, 0.2) is 12.4 Å². The summed E-state index contributed by atoms with van der Waals surface area (Å²) in [6, 6.07) is 0.707. The van der Waals surface area contributed by atoms with Gasteiger partial charge < -0.3 is 5.32 Å². The van der Waals surface area contributed by atoms with Gasteiger partial charge in [0.25, 0.3) is 0 Å². The molecule has 1 aromatic heterocycles. The van der Waals surface area contributed by atoms with E-state index >= 15 is 0 Å². The van der Waals surface area contributed by atoms with Gasteiger partial charge in [0.1, 0.15) is 0 Å². The second-order valence-electron chi connectivity index (χ2n) is 4.77.